The van der Waals surface area contributed by atoms with Crippen molar-refractivity contribution in [3.63, 3.8) is 0 Å². The van der Waals surface area contributed by atoms with Crippen LogP contribution in [0, 0.1) is 18.7 Å². The number of amides is 1. The summed E-state index contributed by atoms with van der Waals surface area (Å²) in [6, 6.07) is 14.3. The van der Waals surface area contributed by atoms with Gasteiger partial charge in [-0.3, -0.25) is 4.79 Å². The van der Waals surface area contributed by atoms with Crippen LogP contribution in [0.25, 0.3) is 0 Å². The number of carbonyl (C=O) groups excluding carboxylic acids is 1. The van der Waals surface area contributed by atoms with Gasteiger partial charge < -0.3 is 10.2 Å². The van der Waals surface area contributed by atoms with Gasteiger partial charge in [-0.2, -0.15) is 0 Å². The molecule has 1 fully saturated rings. The van der Waals surface area contributed by atoms with Crippen LogP contribution in [0.2, 0.25) is 0 Å². The van der Waals surface area contributed by atoms with E-state index in [9.17, 15) is 9.18 Å². The van der Waals surface area contributed by atoms with Crippen LogP contribution in [-0.2, 0) is 0 Å². The van der Waals surface area contributed by atoms with Crippen LogP contribution in [0.15, 0.2) is 48.5 Å². The minimum absolute atomic E-state index is 0.210. The van der Waals surface area contributed by atoms with Crippen molar-refractivity contribution in [3.05, 3.63) is 65.5 Å². The molecule has 3 nitrogen and oxygen atoms in total. The molecule has 1 aliphatic rings. The third kappa shape index (κ3) is 3.89. The van der Waals surface area contributed by atoms with Gasteiger partial charge in [0.1, 0.15) is 5.82 Å². The lowest BCUT2D eigenvalue weighted by atomic mass is 10.1. The summed E-state index contributed by atoms with van der Waals surface area (Å²) in [6.07, 6.45) is 1.05. The SMILES string of the molecule is Cc1cccc(N2CCC(CNC(=O)c3cccc(F)c3)C2)c1. The zero-order chi connectivity index (χ0) is 16.2. The topological polar surface area (TPSA) is 32.3 Å². The van der Waals surface area contributed by atoms with E-state index in [1.54, 1.807) is 12.1 Å². The summed E-state index contributed by atoms with van der Waals surface area (Å²) in [5.41, 5.74) is 2.87. The third-order valence-electron chi connectivity index (χ3n) is 4.29. The first-order valence-electron chi connectivity index (χ1n) is 7.97. The Morgan fingerprint density at radius 3 is 2.87 bits per heavy atom. The Bertz CT molecular complexity index is 701. The second-order valence-electron chi connectivity index (χ2n) is 6.16. The highest BCUT2D eigenvalue weighted by molar-refractivity contribution is 5.94. The molecule has 1 unspecified atom stereocenters. The van der Waals surface area contributed by atoms with E-state index in [2.05, 4.69) is 41.4 Å². The molecule has 1 heterocycles. The predicted molar refractivity (Wildman–Crippen MR) is 90.2 cm³/mol. The summed E-state index contributed by atoms with van der Waals surface area (Å²) in [5.74, 6) is -0.171. The van der Waals surface area contributed by atoms with Crippen molar-refractivity contribution in [1.29, 1.82) is 0 Å². The highest BCUT2D eigenvalue weighted by Crippen LogP contribution is 2.24. The fourth-order valence-corrected chi connectivity index (χ4v) is 3.03. The number of halogens is 1. The molecule has 0 saturated carbocycles. The fourth-order valence-electron chi connectivity index (χ4n) is 3.03. The van der Waals surface area contributed by atoms with E-state index in [0.29, 0.717) is 18.0 Å². The van der Waals surface area contributed by atoms with E-state index in [1.165, 1.54) is 23.4 Å². The van der Waals surface area contributed by atoms with Crippen molar-refractivity contribution in [1.82, 2.24) is 5.32 Å². The van der Waals surface area contributed by atoms with Gasteiger partial charge in [0.25, 0.3) is 5.91 Å². The normalized spacial score (nSPS) is 17.3. The minimum atomic E-state index is -0.385. The summed E-state index contributed by atoms with van der Waals surface area (Å²) in [5, 5.41) is 2.92. The van der Waals surface area contributed by atoms with Crippen LogP contribution in [0.3, 0.4) is 0 Å². The maximum Gasteiger partial charge on any atom is 0.251 e. The third-order valence-corrected chi connectivity index (χ3v) is 4.29. The Hall–Kier alpha value is -2.36. The first-order chi connectivity index (χ1) is 11.1. The van der Waals surface area contributed by atoms with Crippen molar-refractivity contribution >= 4 is 11.6 Å². The molecule has 0 bridgehead atoms. The van der Waals surface area contributed by atoms with E-state index in [-0.39, 0.29) is 11.7 Å². The second-order valence-corrected chi connectivity index (χ2v) is 6.16. The van der Waals surface area contributed by atoms with Crippen molar-refractivity contribution < 1.29 is 9.18 Å². The van der Waals surface area contributed by atoms with Crippen molar-refractivity contribution in [2.75, 3.05) is 24.5 Å². The van der Waals surface area contributed by atoms with Gasteiger partial charge in [-0.15, -0.1) is 0 Å². The maximum atomic E-state index is 13.2. The molecule has 0 aliphatic carbocycles. The number of carbonyl (C=O) groups is 1. The van der Waals surface area contributed by atoms with Crippen molar-refractivity contribution in [2.24, 2.45) is 5.92 Å². The molecule has 1 saturated heterocycles. The van der Waals surface area contributed by atoms with Crippen molar-refractivity contribution in [3.8, 4) is 0 Å². The number of hydrogen-bond donors (Lipinski definition) is 1. The molecule has 2 aromatic rings. The number of nitrogens with one attached hydrogen (secondary N) is 1. The molecule has 1 N–H and O–H groups in total. The standard InChI is InChI=1S/C19H21FN2O/c1-14-4-2-7-18(10-14)22-9-8-15(13-22)12-21-19(23)16-5-3-6-17(20)11-16/h2-7,10-11,15H,8-9,12-13H2,1H3,(H,21,23). The van der Waals surface area contributed by atoms with Gasteiger partial charge in [-0.1, -0.05) is 18.2 Å². The molecular formula is C19H21FN2O. The number of hydrogen-bond acceptors (Lipinski definition) is 2. The minimum Gasteiger partial charge on any atom is -0.371 e. The van der Waals surface area contributed by atoms with E-state index in [0.717, 1.165) is 19.5 Å². The van der Waals surface area contributed by atoms with Crippen LogP contribution < -0.4 is 10.2 Å². The maximum absolute atomic E-state index is 13.2. The largest absolute Gasteiger partial charge is 0.371 e. The molecule has 0 radical (unpaired) electrons. The molecule has 1 amide bonds. The highest BCUT2D eigenvalue weighted by atomic mass is 19.1. The number of nitrogens with zero attached hydrogens (tertiary/aromatic N) is 1. The molecule has 1 aliphatic heterocycles. The zero-order valence-corrected chi connectivity index (χ0v) is 13.3. The summed E-state index contributed by atoms with van der Waals surface area (Å²) in [6.45, 7) is 4.66. The molecule has 3 rings (SSSR count). The van der Waals surface area contributed by atoms with Gasteiger partial charge in [-0.25, -0.2) is 4.39 Å². The van der Waals surface area contributed by atoms with Crippen LogP contribution in [0.1, 0.15) is 22.3 Å². The average molecular weight is 312 g/mol. The average Bonchev–Trinajstić information content (AvgIpc) is 3.01. The first kappa shape index (κ1) is 15.5. The Kier molecular flexibility index (Phi) is 4.60. The van der Waals surface area contributed by atoms with Gasteiger partial charge in [0.05, 0.1) is 0 Å². The Balaban J connectivity index is 1.53. The zero-order valence-electron chi connectivity index (χ0n) is 13.3. The van der Waals surface area contributed by atoms with Gasteiger partial charge in [0.2, 0.25) is 0 Å². The molecule has 120 valence electrons. The molecule has 2 aromatic carbocycles. The Morgan fingerprint density at radius 2 is 2.09 bits per heavy atom. The number of benzene rings is 2. The quantitative estimate of drug-likeness (QED) is 0.938. The van der Waals surface area contributed by atoms with Gasteiger partial charge in [0.15, 0.2) is 0 Å². The van der Waals surface area contributed by atoms with Gasteiger partial charge in [0, 0.05) is 30.9 Å². The molecule has 23 heavy (non-hydrogen) atoms. The second kappa shape index (κ2) is 6.82. The van der Waals surface area contributed by atoms with E-state index in [1.807, 2.05) is 0 Å². The van der Waals surface area contributed by atoms with E-state index >= 15 is 0 Å². The molecule has 1 atom stereocenters. The first-order valence-corrected chi connectivity index (χ1v) is 7.97. The Labute approximate surface area is 136 Å². The lowest BCUT2D eigenvalue weighted by Gasteiger charge is -2.19. The van der Waals surface area contributed by atoms with Gasteiger partial charge in [-0.05, 0) is 55.2 Å². The lowest BCUT2D eigenvalue weighted by molar-refractivity contribution is 0.0948. The van der Waals surface area contributed by atoms with Crippen LogP contribution in [0.4, 0.5) is 10.1 Å². The fraction of sp³-hybridized carbons (Fsp3) is 0.316. The number of aryl methyl sites for hydroxylation is 1. The molecule has 0 aromatic heterocycles. The predicted octanol–water partition coefficient (Wildman–Crippen LogP) is 3.39. The number of anilines is 1. The summed E-state index contributed by atoms with van der Waals surface area (Å²) in [7, 11) is 0. The lowest BCUT2D eigenvalue weighted by Crippen LogP contribution is -2.31. The van der Waals surface area contributed by atoms with Crippen LogP contribution in [0.5, 0.6) is 0 Å². The van der Waals surface area contributed by atoms with E-state index < -0.39 is 0 Å². The van der Waals surface area contributed by atoms with Gasteiger partial charge >= 0.3 is 0 Å². The summed E-state index contributed by atoms with van der Waals surface area (Å²) >= 11 is 0. The smallest absolute Gasteiger partial charge is 0.251 e. The molecule has 0 spiro atoms. The molecule has 4 heteroatoms. The monoisotopic (exact) mass is 312 g/mol. The van der Waals surface area contributed by atoms with Crippen LogP contribution in [-0.4, -0.2) is 25.5 Å². The Morgan fingerprint density at radius 1 is 1.26 bits per heavy atom. The van der Waals surface area contributed by atoms with Crippen molar-refractivity contribution in [2.45, 2.75) is 13.3 Å². The highest BCUT2D eigenvalue weighted by Gasteiger charge is 2.23. The molecular weight excluding hydrogens is 291 g/mol. The summed E-state index contributed by atoms with van der Waals surface area (Å²) < 4.78 is 13.2. The van der Waals surface area contributed by atoms with Crippen LogP contribution >= 0.6 is 0 Å². The van der Waals surface area contributed by atoms with E-state index in [4.69, 9.17) is 0 Å². The number of rotatable bonds is 4. The summed E-state index contributed by atoms with van der Waals surface area (Å²) in [4.78, 5) is 14.4.